The van der Waals surface area contributed by atoms with Crippen LogP contribution >= 0.6 is 0 Å². The molecule has 0 radical (unpaired) electrons. The Hall–Kier alpha value is -0.120. The zero-order valence-corrected chi connectivity index (χ0v) is 7.51. The molecule has 0 aromatic rings. The van der Waals surface area contributed by atoms with Crippen molar-refractivity contribution in [1.29, 1.82) is 0 Å². The van der Waals surface area contributed by atoms with E-state index in [0.717, 1.165) is 25.8 Å². The zero-order valence-electron chi connectivity index (χ0n) is 7.51. The fourth-order valence-electron chi connectivity index (χ4n) is 0.872. The summed E-state index contributed by atoms with van der Waals surface area (Å²) < 4.78 is 0. The van der Waals surface area contributed by atoms with E-state index in [-0.39, 0.29) is 12.3 Å². The summed E-state index contributed by atoms with van der Waals surface area (Å²) in [6.45, 7) is 4.80. The first-order valence-electron chi connectivity index (χ1n) is 4.33. The smallest absolute Gasteiger partial charge is 0.0538 e. The highest BCUT2D eigenvalue weighted by Gasteiger charge is 1.99. The molecule has 0 fully saturated rings. The van der Waals surface area contributed by atoms with Gasteiger partial charge in [-0.05, 0) is 32.7 Å². The Labute approximate surface area is 69.0 Å². The van der Waals surface area contributed by atoms with Gasteiger partial charge in [-0.3, -0.25) is 0 Å². The third-order valence-corrected chi connectivity index (χ3v) is 1.65. The Morgan fingerprint density at radius 1 is 1.55 bits per heavy atom. The van der Waals surface area contributed by atoms with Gasteiger partial charge in [0.25, 0.3) is 0 Å². The van der Waals surface area contributed by atoms with E-state index in [0.29, 0.717) is 0 Å². The van der Waals surface area contributed by atoms with Gasteiger partial charge >= 0.3 is 0 Å². The second-order valence-corrected chi connectivity index (χ2v) is 2.95. The first-order valence-corrected chi connectivity index (χ1v) is 4.33. The molecule has 2 unspecified atom stereocenters. The highest BCUT2D eigenvalue weighted by Crippen LogP contribution is 1.99. The summed E-state index contributed by atoms with van der Waals surface area (Å²) in [6.07, 6.45) is 2.64. The van der Waals surface area contributed by atoms with Crippen molar-refractivity contribution in [3.8, 4) is 0 Å². The average Bonchev–Trinajstić information content (AvgIpc) is 1.97. The van der Waals surface area contributed by atoms with Crippen LogP contribution in [0.5, 0.6) is 0 Å². The van der Waals surface area contributed by atoms with Crippen LogP contribution in [0.2, 0.25) is 0 Å². The van der Waals surface area contributed by atoms with Crippen LogP contribution in [0, 0.1) is 0 Å². The first-order chi connectivity index (χ1) is 5.16. The maximum atomic E-state index is 9.16. The standard InChI is InChI=1S/C8H20N2O/c1-3-8(11)5-4-6-10-7(2)9/h7-8,10-11H,3-6,9H2,1-2H3. The monoisotopic (exact) mass is 160 g/mol. The highest BCUT2D eigenvalue weighted by atomic mass is 16.3. The van der Waals surface area contributed by atoms with Gasteiger partial charge in [0.2, 0.25) is 0 Å². The predicted octanol–water partition coefficient (Wildman–Crippen LogP) is 0.432. The van der Waals surface area contributed by atoms with Crippen molar-refractivity contribution in [2.75, 3.05) is 6.54 Å². The summed E-state index contributed by atoms with van der Waals surface area (Å²) in [5, 5.41) is 12.3. The predicted molar refractivity (Wildman–Crippen MR) is 47.2 cm³/mol. The second kappa shape index (κ2) is 6.58. The molecule has 0 aromatic heterocycles. The molecule has 4 N–H and O–H groups in total. The van der Waals surface area contributed by atoms with Gasteiger partial charge < -0.3 is 16.2 Å². The number of hydrogen-bond acceptors (Lipinski definition) is 3. The van der Waals surface area contributed by atoms with Crippen molar-refractivity contribution in [2.45, 2.75) is 45.4 Å². The molecule has 0 bridgehead atoms. The lowest BCUT2D eigenvalue weighted by molar-refractivity contribution is 0.157. The Kier molecular flexibility index (Phi) is 6.51. The summed E-state index contributed by atoms with van der Waals surface area (Å²) in [5.41, 5.74) is 5.47. The molecule has 3 nitrogen and oxygen atoms in total. The van der Waals surface area contributed by atoms with E-state index >= 15 is 0 Å². The molecule has 0 saturated carbocycles. The number of hydrogen-bond donors (Lipinski definition) is 3. The molecule has 0 saturated heterocycles. The summed E-state index contributed by atoms with van der Waals surface area (Å²) in [5.74, 6) is 0. The Bertz CT molecular complexity index is 86.2. The topological polar surface area (TPSA) is 58.3 Å². The molecule has 0 aliphatic heterocycles. The van der Waals surface area contributed by atoms with E-state index in [1.54, 1.807) is 0 Å². The number of rotatable bonds is 6. The van der Waals surface area contributed by atoms with Crippen LogP contribution in [0.15, 0.2) is 0 Å². The molecule has 0 spiro atoms. The molecular weight excluding hydrogens is 140 g/mol. The van der Waals surface area contributed by atoms with Gasteiger partial charge in [-0.25, -0.2) is 0 Å². The molecule has 0 heterocycles. The Morgan fingerprint density at radius 2 is 2.18 bits per heavy atom. The lowest BCUT2D eigenvalue weighted by Gasteiger charge is -2.09. The van der Waals surface area contributed by atoms with Crippen molar-refractivity contribution >= 4 is 0 Å². The zero-order chi connectivity index (χ0) is 8.69. The highest BCUT2D eigenvalue weighted by molar-refractivity contribution is 4.56. The third-order valence-electron chi connectivity index (χ3n) is 1.65. The summed E-state index contributed by atoms with van der Waals surface area (Å²) in [7, 11) is 0. The summed E-state index contributed by atoms with van der Waals surface area (Å²) >= 11 is 0. The van der Waals surface area contributed by atoms with Crippen LogP contribution in [0.3, 0.4) is 0 Å². The molecule has 11 heavy (non-hydrogen) atoms. The quantitative estimate of drug-likeness (QED) is 0.390. The van der Waals surface area contributed by atoms with Gasteiger partial charge in [0.05, 0.1) is 12.3 Å². The van der Waals surface area contributed by atoms with Crippen LogP contribution in [0.25, 0.3) is 0 Å². The van der Waals surface area contributed by atoms with Crippen LogP contribution in [0.4, 0.5) is 0 Å². The maximum Gasteiger partial charge on any atom is 0.0538 e. The minimum atomic E-state index is -0.134. The van der Waals surface area contributed by atoms with Crippen molar-refractivity contribution < 1.29 is 5.11 Å². The van der Waals surface area contributed by atoms with Gasteiger partial charge in [-0.2, -0.15) is 0 Å². The number of nitrogens with two attached hydrogens (primary N) is 1. The van der Waals surface area contributed by atoms with E-state index in [9.17, 15) is 0 Å². The van der Waals surface area contributed by atoms with E-state index in [1.807, 2.05) is 13.8 Å². The van der Waals surface area contributed by atoms with E-state index < -0.39 is 0 Å². The number of nitrogens with one attached hydrogen (secondary N) is 1. The molecular formula is C8H20N2O. The Morgan fingerprint density at radius 3 is 2.64 bits per heavy atom. The minimum absolute atomic E-state index is 0.0637. The number of aliphatic hydroxyl groups excluding tert-OH is 1. The van der Waals surface area contributed by atoms with E-state index in [4.69, 9.17) is 10.8 Å². The van der Waals surface area contributed by atoms with Crippen LogP contribution < -0.4 is 11.1 Å². The molecule has 68 valence electrons. The van der Waals surface area contributed by atoms with Crippen LogP contribution in [0.1, 0.15) is 33.1 Å². The van der Waals surface area contributed by atoms with Crippen LogP contribution in [-0.2, 0) is 0 Å². The van der Waals surface area contributed by atoms with Gasteiger partial charge in [0, 0.05) is 0 Å². The molecule has 0 aliphatic carbocycles. The normalized spacial score (nSPS) is 16.4. The van der Waals surface area contributed by atoms with E-state index in [1.165, 1.54) is 0 Å². The largest absolute Gasteiger partial charge is 0.393 e. The molecule has 0 aliphatic rings. The SMILES string of the molecule is CCC(O)CCCNC(C)N. The van der Waals surface area contributed by atoms with Crippen LogP contribution in [-0.4, -0.2) is 23.9 Å². The van der Waals surface area contributed by atoms with Gasteiger partial charge in [0.15, 0.2) is 0 Å². The number of aliphatic hydroxyl groups is 1. The fourth-order valence-corrected chi connectivity index (χ4v) is 0.872. The fraction of sp³-hybridized carbons (Fsp3) is 1.00. The summed E-state index contributed by atoms with van der Waals surface area (Å²) in [4.78, 5) is 0. The molecule has 0 amide bonds. The third kappa shape index (κ3) is 7.78. The van der Waals surface area contributed by atoms with E-state index in [2.05, 4.69) is 5.32 Å². The Balaban J connectivity index is 3.01. The van der Waals surface area contributed by atoms with Gasteiger partial charge in [-0.15, -0.1) is 0 Å². The van der Waals surface area contributed by atoms with Crippen molar-refractivity contribution in [3.05, 3.63) is 0 Å². The molecule has 3 heteroatoms. The average molecular weight is 160 g/mol. The lowest BCUT2D eigenvalue weighted by atomic mass is 10.1. The van der Waals surface area contributed by atoms with Crippen molar-refractivity contribution in [3.63, 3.8) is 0 Å². The van der Waals surface area contributed by atoms with Crippen molar-refractivity contribution in [1.82, 2.24) is 5.32 Å². The molecule has 2 atom stereocenters. The maximum absolute atomic E-state index is 9.16. The minimum Gasteiger partial charge on any atom is -0.393 e. The van der Waals surface area contributed by atoms with Crippen molar-refractivity contribution in [2.24, 2.45) is 5.73 Å². The second-order valence-electron chi connectivity index (χ2n) is 2.95. The molecule has 0 aromatic carbocycles. The van der Waals surface area contributed by atoms with Gasteiger partial charge in [-0.1, -0.05) is 6.92 Å². The first kappa shape index (κ1) is 10.9. The molecule has 0 rings (SSSR count). The van der Waals surface area contributed by atoms with Gasteiger partial charge in [0.1, 0.15) is 0 Å². The summed E-state index contributed by atoms with van der Waals surface area (Å²) in [6, 6.07) is 0. The lowest BCUT2D eigenvalue weighted by Crippen LogP contribution is -2.34.